The third-order valence-corrected chi connectivity index (χ3v) is 16.5. The average molecular weight is 1120 g/mol. The number of benzene rings is 2. The van der Waals surface area contributed by atoms with E-state index in [-0.39, 0.29) is 41.7 Å². The predicted molar refractivity (Wildman–Crippen MR) is 265 cm³/mol. The van der Waals surface area contributed by atoms with Crippen LogP contribution in [-0.2, 0) is 42.7 Å². The summed E-state index contributed by atoms with van der Waals surface area (Å²) < 4.78 is 94.1. The summed E-state index contributed by atoms with van der Waals surface area (Å²) in [5.74, 6) is -6.69. The number of hydrogen-bond donors (Lipinski definition) is 8. The molecule has 438 valence electrons. The molecule has 4 saturated heterocycles. The molecule has 0 bridgehead atoms. The van der Waals surface area contributed by atoms with Crippen molar-refractivity contribution in [1.82, 2.24) is 19.9 Å². The minimum Gasteiger partial charge on any atom is -0.450 e. The maximum absolute atomic E-state index is 14.2. The second-order valence-electron chi connectivity index (χ2n) is 21.8. The van der Waals surface area contributed by atoms with Crippen molar-refractivity contribution in [2.75, 3.05) is 32.9 Å². The van der Waals surface area contributed by atoms with Gasteiger partial charge >= 0.3 is 5.97 Å². The Morgan fingerprint density at radius 1 is 0.747 bits per heavy atom. The number of ether oxygens (including phenoxy) is 8. The van der Waals surface area contributed by atoms with E-state index in [1.807, 2.05) is 6.92 Å². The molecule has 4 aliphatic heterocycles. The Bertz CT molecular complexity index is 2460. The average Bonchev–Trinajstić information content (AvgIpc) is 4.01. The number of carbonyl (C=O) groups excluding carboxylic acids is 2. The van der Waals surface area contributed by atoms with Crippen LogP contribution in [0.3, 0.4) is 0 Å². The Labute approximate surface area is 454 Å². The normalized spacial score (nSPS) is 36.8. The van der Waals surface area contributed by atoms with Crippen LogP contribution in [0.5, 0.6) is 0 Å². The molecule has 1 aromatic heterocycles. The van der Waals surface area contributed by atoms with Crippen molar-refractivity contribution in [1.29, 1.82) is 0 Å². The molecule has 8 N–H and O–H groups in total. The van der Waals surface area contributed by atoms with Gasteiger partial charge in [0.2, 0.25) is 0 Å². The number of aliphatic hydroxyl groups excluding tert-OH is 8. The molecule has 6 aliphatic rings. The number of amides is 1. The Kier molecular flexibility index (Phi) is 19.8. The molecule has 1 amide bonds. The molecule has 6 fully saturated rings. The zero-order valence-corrected chi connectivity index (χ0v) is 43.9. The van der Waals surface area contributed by atoms with Crippen LogP contribution in [0.1, 0.15) is 94.5 Å². The smallest absolute Gasteiger partial charge is 0.338 e. The molecule has 5 heterocycles. The van der Waals surface area contributed by atoms with E-state index in [0.717, 1.165) is 49.4 Å². The van der Waals surface area contributed by atoms with Gasteiger partial charge in [0.15, 0.2) is 42.4 Å². The highest BCUT2D eigenvalue weighted by atomic mass is 19.2. The molecule has 79 heavy (non-hydrogen) atoms. The molecule has 2 aromatic carbocycles. The Morgan fingerprint density at radius 2 is 1.43 bits per heavy atom. The van der Waals surface area contributed by atoms with E-state index in [1.54, 1.807) is 23.1 Å². The number of hydrogen-bond acceptors (Lipinski definition) is 20. The van der Waals surface area contributed by atoms with Crippen molar-refractivity contribution in [2.45, 2.75) is 188 Å². The lowest BCUT2D eigenvalue weighted by atomic mass is 9.76. The van der Waals surface area contributed by atoms with Crippen molar-refractivity contribution < 1.29 is 102 Å². The standard InChI is InChI=1S/C54H73F3N4O18/c1-3-29-17-28(25-72-52-44(67)40(42(65)37(23-62)76-52)61-22-34(58-59-61)31-20-32(55)39(57)33(56)21-31)19-35(47(29)79-53-46(69)45(68)41(64)26(2)73-53)75-54-49(78-51(71)30-13-8-5-9-14-30)48(43(66)38(24-63)77-54)74-36(50(70)60-15-10-16-60)18-27-11-6-4-7-12-27/h5,8-9,13-14,20-22,26-29,35-38,40-49,52-54,62-69H,3-4,6-7,10-12,15-19,23-25H2,1-2H3/t26?,28?,29?,35-,36+,37?,38?,40?,41-,42-,43+,44?,45?,46?,47?,48?,49-,52+,53+,54-/m1/s1. The Morgan fingerprint density at radius 3 is 2.09 bits per heavy atom. The molecule has 9 rings (SSSR count). The highest BCUT2D eigenvalue weighted by Gasteiger charge is 2.55. The van der Waals surface area contributed by atoms with Crippen molar-refractivity contribution in [3.05, 3.63) is 71.7 Å². The molecule has 3 aromatic rings. The van der Waals surface area contributed by atoms with Crippen molar-refractivity contribution in [3.8, 4) is 11.3 Å². The SMILES string of the molecule is CCC1CC(CO[C@H]2OC(CO)[C@@H](O)C(n3cc(-c4cc(F)c(F)c(F)c4)nn3)C2O)C[C@@H](O[C@@H]2OC(CO)[C@H](O)C(O[C@@H](CC3CCCCC3)C(=O)N3CCC3)[C@H]2OC(=O)c2ccccc2)C1O[C@@H]1OC(C)[C@@H](O)C(O)C1O. The zero-order chi connectivity index (χ0) is 56.2. The zero-order valence-electron chi connectivity index (χ0n) is 43.9. The second-order valence-corrected chi connectivity index (χ2v) is 21.8. The first kappa shape index (κ1) is 59.3. The lowest BCUT2D eigenvalue weighted by molar-refractivity contribution is -0.351. The maximum atomic E-state index is 14.2. The molecular weight excluding hydrogens is 1050 g/mol. The van der Waals surface area contributed by atoms with Crippen molar-refractivity contribution >= 4 is 11.9 Å². The van der Waals surface area contributed by atoms with Gasteiger partial charge in [0.05, 0.1) is 49.9 Å². The second kappa shape index (κ2) is 26.3. The highest BCUT2D eigenvalue weighted by molar-refractivity contribution is 5.89. The van der Waals surface area contributed by atoms with Crippen LogP contribution in [-0.4, -0.2) is 210 Å². The minimum absolute atomic E-state index is 0.00900. The maximum Gasteiger partial charge on any atom is 0.338 e. The first-order valence-corrected chi connectivity index (χ1v) is 27.4. The van der Waals surface area contributed by atoms with Crippen molar-refractivity contribution in [2.24, 2.45) is 17.8 Å². The lowest BCUT2D eigenvalue weighted by Crippen LogP contribution is -2.64. The molecule has 2 saturated carbocycles. The van der Waals surface area contributed by atoms with Crippen LogP contribution >= 0.6 is 0 Å². The van der Waals surface area contributed by atoms with Crippen LogP contribution in [0.25, 0.3) is 11.3 Å². The van der Waals surface area contributed by atoms with Crippen LogP contribution in [0.2, 0.25) is 0 Å². The lowest BCUT2D eigenvalue weighted by Gasteiger charge is -2.49. The van der Waals surface area contributed by atoms with E-state index in [2.05, 4.69) is 10.3 Å². The molecule has 0 radical (unpaired) electrons. The van der Waals surface area contributed by atoms with Crippen LogP contribution < -0.4 is 0 Å². The summed E-state index contributed by atoms with van der Waals surface area (Å²) in [6.45, 7) is 2.67. The molecular formula is C54H73F3N4O18. The molecule has 2 aliphatic carbocycles. The van der Waals surface area contributed by atoms with Gasteiger partial charge in [-0.25, -0.2) is 22.6 Å². The fraction of sp³-hybridized carbons (Fsp3) is 0.704. The topological polar surface area (TPSA) is 304 Å². The number of aliphatic hydroxyl groups is 8. The third-order valence-electron chi connectivity index (χ3n) is 16.5. The van der Waals surface area contributed by atoms with Crippen LogP contribution in [0, 0.1) is 35.2 Å². The summed E-state index contributed by atoms with van der Waals surface area (Å²) in [6, 6.07) is 8.00. The molecule has 22 nitrogen and oxygen atoms in total. The summed E-state index contributed by atoms with van der Waals surface area (Å²) in [5.41, 5.74) is -0.205. The largest absolute Gasteiger partial charge is 0.450 e. The van der Waals surface area contributed by atoms with Gasteiger partial charge in [-0.1, -0.05) is 68.9 Å². The van der Waals surface area contributed by atoms with Gasteiger partial charge in [-0.05, 0) is 74.6 Å². The number of esters is 1. The molecule has 25 heteroatoms. The summed E-state index contributed by atoms with van der Waals surface area (Å²) in [4.78, 5) is 30.1. The number of aromatic nitrogens is 3. The number of carbonyl (C=O) groups is 2. The fourth-order valence-electron chi connectivity index (χ4n) is 11.8. The first-order chi connectivity index (χ1) is 38.0. The molecule has 0 spiro atoms. The van der Waals surface area contributed by atoms with E-state index < -0.39 is 159 Å². The van der Waals surface area contributed by atoms with Crippen molar-refractivity contribution in [3.63, 3.8) is 0 Å². The Hall–Kier alpha value is -4.29. The van der Waals surface area contributed by atoms with Gasteiger partial charge in [0.25, 0.3) is 5.91 Å². The Balaban J connectivity index is 1.02. The van der Waals surface area contributed by atoms with E-state index in [4.69, 9.17) is 37.9 Å². The van der Waals surface area contributed by atoms with Gasteiger partial charge in [-0.2, -0.15) is 0 Å². The van der Waals surface area contributed by atoms with Crippen LogP contribution in [0.15, 0.2) is 48.7 Å². The monoisotopic (exact) mass is 1120 g/mol. The number of likely N-dealkylation sites (tertiary alicyclic amines) is 1. The predicted octanol–water partition coefficient (Wildman–Crippen LogP) is 1.65. The summed E-state index contributed by atoms with van der Waals surface area (Å²) in [5, 5.41) is 96.9. The van der Waals surface area contributed by atoms with E-state index in [9.17, 15) is 63.6 Å². The number of nitrogens with zero attached hydrogens (tertiary/aromatic N) is 4. The van der Waals surface area contributed by atoms with E-state index >= 15 is 0 Å². The van der Waals surface area contributed by atoms with E-state index in [1.165, 1.54) is 19.1 Å². The van der Waals surface area contributed by atoms with E-state index in [0.29, 0.717) is 44.5 Å². The minimum atomic E-state index is -1.74. The van der Waals surface area contributed by atoms with Gasteiger partial charge in [-0.15, -0.1) is 5.10 Å². The third kappa shape index (κ3) is 13.2. The van der Waals surface area contributed by atoms with Gasteiger partial charge in [0, 0.05) is 18.7 Å². The summed E-state index contributed by atoms with van der Waals surface area (Å²) >= 11 is 0. The summed E-state index contributed by atoms with van der Waals surface area (Å²) in [7, 11) is 0. The summed E-state index contributed by atoms with van der Waals surface area (Å²) in [6.07, 6.45) is -17.0. The fourth-order valence-corrected chi connectivity index (χ4v) is 11.8. The first-order valence-electron chi connectivity index (χ1n) is 27.4. The number of halogens is 3. The van der Waals surface area contributed by atoms with Gasteiger partial charge in [0.1, 0.15) is 72.8 Å². The van der Waals surface area contributed by atoms with Crippen LogP contribution in [0.4, 0.5) is 13.2 Å². The molecule has 11 unspecified atom stereocenters. The quantitative estimate of drug-likeness (QED) is 0.0625. The molecule has 20 atom stereocenters. The highest BCUT2D eigenvalue weighted by Crippen LogP contribution is 2.42. The van der Waals surface area contributed by atoms with Gasteiger partial charge < -0.3 is 83.6 Å². The number of rotatable bonds is 19. The van der Waals surface area contributed by atoms with Gasteiger partial charge in [-0.3, -0.25) is 4.79 Å².